The lowest BCUT2D eigenvalue weighted by molar-refractivity contribution is 0.787. The van der Waals surface area contributed by atoms with Crippen LogP contribution < -0.4 is 5.32 Å². The van der Waals surface area contributed by atoms with Crippen LogP contribution in [0.1, 0.15) is 0 Å². The Morgan fingerprint density at radius 3 is 2.84 bits per heavy atom. The number of hydrogen-bond donors (Lipinski definition) is 2. The lowest BCUT2D eigenvalue weighted by Gasteiger charge is -2.08. The zero-order chi connectivity index (χ0) is 13.2. The first-order chi connectivity index (χ1) is 9.24. The summed E-state index contributed by atoms with van der Waals surface area (Å²) in [7, 11) is 0. The van der Waals surface area contributed by atoms with Crippen LogP contribution in [0.2, 0.25) is 5.02 Å². The number of imidazole rings is 1. The van der Waals surface area contributed by atoms with Gasteiger partial charge in [0.05, 0.1) is 17.7 Å². The van der Waals surface area contributed by atoms with E-state index in [4.69, 9.17) is 23.8 Å². The maximum atomic E-state index is 5.96. The average Bonchev–Trinajstić information content (AvgIpc) is 2.72. The summed E-state index contributed by atoms with van der Waals surface area (Å²) in [6.07, 6.45) is 0. The predicted molar refractivity (Wildman–Crippen MR) is 82.2 cm³/mol. The van der Waals surface area contributed by atoms with Crippen molar-refractivity contribution in [2.24, 2.45) is 0 Å². The fourth-order valence-corrected chi connectivity index (χ4v) is 2.50. The molecule has 2 aromatic carbocycles. The second-order valence-electron chi connectivity index (χ2n) is 4.22. The number of nitrogens with zero attached hydrogens (tertiary/aromatic N) is 1. The molecule has 0 radical (unpaired) electrons. The first-order valence-electron chi connectivity index (χ1n) is 5.91. The van der Waals surface area contributed by atoms with E-state index in [1.54, 1.807) is 0 Å². The zero-order valence-electron chi connectivity index (χ0n) is 10.1. The van der Waals surface area contributed by atoms with Gasteiger partial charge in [0, 0.05) is 10.7 Å². The molecule has 1 aromatic heterocycles. The molecule has 0 aliphatic carbocycles. The van der Waals surface area contributed by atoms with E-state index in [0.717, 1.165) is 16.7 Å². The molecule has 0 saturated carbocycles. The van der Waals surface area contributed by atoms with Crippen LogP contribution in [-0.4, -0.2) is 9.55 Å². The van der Waals surface area contributed by atoms with Gasteiger partial charge in [-0.05, 0) is 42.5 Å². The van der Waals surface area contributed by atoms with Crippen molar-refractivity contribution < 1.29 is 0 Å². The van der Waals surface area contributed by atoms with Crippen molar-refractivity contribution in [1.82, 2.24) is 9.55 Å². The summed E-state index contributed by atoms with van der Waals surface area (Å²) in [5.41, 5.74) is 3.10. The van der Waals surface area contributed by atoms with Crippen LogP contribution >= 0.6 is 23.8 Å². The highest BCUT2D eigenvalue weighted by atomic mass is 35.5. The number of aromatic amines is 1. The van der Waals surface area contributed by atoms with E-state index >= 15 is 0 Å². The molecule has 0 unspecified atom stereocenters. The minimum atomic E-state index is 0.600. The largest absolute Gasteiger partial charge is 0.367 e. The van der Waals surface area contributed by atoms with Crippen molar-refractivity contribution in [3.05, 3.63) is 58.3 Å². The molecular formula is C14H12ClN3S. The number of nitrogens with one attached hydrogen (secondary N) is 2. The second kappa shape index (κ2) is 5.07. The highest BCUT2D eigenvalue weighted by Crippen LogP contribution is 2.17. The monoisotopic (exact) mass is 289 g/mol. The van der Waals surface area contributed by atoms with E-state index in [9.17, 15) is 0 Å². The maximum absolute atomic E-state index is 5.96. The maximum Gasteiger partial charge on any atom is 0.179 e. The quantitative estimate of drug-likeness (QED) is 0.700. The van der Waals surface area contributed by atoms with Crippen LogP contribution in [0.15, 0.2) is 48.5 Å². The molecule has 19 heavy (non-hydrogen) atoms. The average molecular weight is 290 g/mol. The zero-order valence-corrected chi connectivity index (χ0v) is 11.6. The summed E-state index contributed by atoms with van der Waals surface area (Å²) in [6, 6.07) is 15.7. The van der Waals surface area contributed by atoms with Crippen LogP contribution in [-0.2, 0) is 6.67 Å². The van der Waals surface area contributed by atoms with Gasteiger partial charge in [-0.1, -0.05) is 29.8 Å². The number of fused-ring (bicyclic) bond motifs is 1. The summed E-state index contributed by atoms with van der Waals surface area (Å²) >= 11 is 11.3. The van der Waals surface area contributed by atoms with Crippen molar-refractivity contribution >= 4 is 40.5 Å². The highest BCUT2D eigenvalue weighted by Gasteiger charge is 2.02. The normalized spacial score (nSPS) is 10.8. The van der Waals surface area contributed by atoms with Gasteiger partial charge in [-0.25, -0.2) is 0 Å². The Labute approximate surface area is 120 Å². The smallest absolute Gasteiger partial charge is 0.179 e. The number of hydrogen-bond acceptors (Lipinski definition) is 2. The molecule has 0 aliphatic heterocycles. The molecule has 0 atom stereocenters. The van der Waals surface area contributed by atoms with Crippen LogP contribution in [0.5, 0.6) is 0 Å². The molecule has 2 N–H and O–H groups in total. The predicted octanol–water partition coefficient (Wildman–Crippen LogP) is 4.42. The summed E-state index contributed by atoms with van der Waals surface area (Å²) in [6.45, 7) is 0.600. The number of aromatic nitrogens is 2. The number of halogens is 1. The minimum absolute atomic E-state index is 0.600. The molecule has 3 nitrogen and oxygen atoms in total. The van der Waals surface area contributed by atoms with Gasteiger partial charge >= 0.3 is 0 Å². The first-order valence-corrected chi connectivity index (χ1v) is 6.70. The van der Waals surface area contributed by atoms with Gasteiger partial charge in [0.25, 0.3) is 0 Å². The van der Waals surface area contributed by atoms with E-state index in [2.05, 4.69) is 10.3 Å². The summed E-state index contributed by atoms with van der Waals surface area (Å²) < 4.78 is 2.72. The molecule has 3 aromatic rings. The standard InChI is InChI=1S/C14H12ClN3S/c15-10-4-3-5-11(8-10)16-9-18-13-7-2-1-6-12(13)17-14(18)19/h1-8,16H,9H2,(H,17,19). The number of rotatable bonds is 3. The summed E-state index contributed by atoms with van der Waals surface area (Å²) in [5.74, 6) is 0. The van der Waals surface area contributed by atoms with Crippen LogP contribution in [0.25, 0.3) is 11.0 Å². The molecule has 3 rings (SSSR count). The lowest BCUT2D eigenvalue weighted by Crippen LogP contribution is -2.07. The second-order valence-corrected chi connectivity index (χ2v) is 5.04. The van der Waals surface area contributed by atoms with Crippen LogP contribution in [0.3, 0.4) is 0 Å². The number of H-pyrrole nitrogens is 1. The lowest BCUT2D eigenvalue weighted by atomic mass is 10.3. The fourth-order valence-electron chi connectivity index (χ4n) is 2.03. The fraction of sp³-hybridized carbons (Fsp3) is 0.0714. The topological polar surface area (TPSA) is 32.8 Å². The van der Waals surface area contributed by atoms with Crippen molar-refractivity contribution in [2.45, 2.75) is 6.67 Å². The molecule has 5 heteroatoms. The third kappa shape index (κ3) is 2.50. The van der Waals surface area contributed by atoms with Gasteiger partial charge in [0.1, 0.15) is 0 Å². The third-order valence-corrected chi connectivity index (χ3v) is 3.51. The SMILES string of the molecule is S=c1[nH]c2ccccc2n1CNc1cccc(Cl)c1. The van der Waals surface area contributed by atoms with Crippen molar-refractivity contribution in [1.29, 1.82) is 0 Å². The van der Waals surface area contributed by atoms with Gasteiger partial charge < -0.3 is 10.3 Å². The van der Waals surface area contributed by atoms with Crippen molar-refractivity contribution in [2.75, 3.05) is 5.32 Å². The Morgan fingerprint density at radius 2 is 2.00 bits per heavy atom. The van der Waals surface area contributed by atoms with Gasteiger partial charge in [0.15, 0.2) is 4.77 Å². The Kier molecular flexibility index (Phi) is 3.27. The van der Waals surface area contributed by atoms with E-state index < -0.39 is 0 Å². The highest BCUT2D eigenvalue weighted by molar-refractivity contribution is 7.71. The molecule has 0 bridgehead atoms. The molecule has 1 heterocycles. The van der Waals surface area contributed by atoms with E-state index in [0.29, 0.717) is 16.5 Å². The minimum Gasteiger partial charge on any atom is -0.367 e. The Hall–Kier alpha value is -1.78. The van der Waals surface area contributed by atoms with E-state index in [1.807, 2.05) is 53.1 Å². The van der Waals surface area contributed by atoms with E-state index in [1.165, 1.54) is 0 Å². The number of para-hydroxylation sites is 2. The van der Waals surface area contributed by atoms with Crippen molar-refractivity contribution in [3.63, 3.8) is 0 Å². The van der Waals surface area contributed by atoms with Crippen LogP contribution in [0, 0.1) is 4.77 Å². The Bertz CT molecular complexity index is 775. The van der Waals surface area contributed by atoms with Gasteiger partial charge in [-0.3, -0.25) is 4.57 Å². The van der Waals surface area contributed by atoms with Gasteiger partial charge in [0.2, 0.25) is 0 Å². The summed E-state index contributed by atoms with van der Waals surface area (Å²) in [5, 5.41) is 4.03. The summed E-state index contributed by atoms with van der Waals surface area (Å²) in [4.78, 5) is 3.19. The Balaban J connectivity index is 1.90. The molecular weight excluding hydrogens is 278 g/mol. The van der Waals surface area contributed by atoms with Gasteiger partial charge in [-0.15, -0.1) is 0 Å². The van der Waals surface area contributed by atoms with Gasteiger partial charge in [-0.2, -0.15) is 0 Å². The molecule has 0 fully saturated rings. The van der Waals surface area contributed by atoms with Crippen LogP contribution in [0.4, 0.5) is 5.69 Å². The van der Waals surface area contributed by atoms with Crippen molar-refractivity contribution in [3.8, 4) is 0 Å². The van der Waals surface area contributed by atoms with E-state index in [-0.39, 0.29) is 0 Å². The Morgan fingerprint density at radius 1 is 1.16 bits per heavy atom. The first kappa shape index (κ1) is 12.3. The molecule has 0 aliphatic rings. The third-order valence-electron chi connectivity index (χ3n) is 2.95. The number of anilines is 1. The molecule has 0 amide bonds. The molecule has 0 saturated heterocycles. The molecule has 0 spiro atoms. The molecule has 96 valence electrons. The number of benzene rings is 2.